The third-order valence-electron chi connectivity index (χ3n) is 4.52. The lowest BCUT2D eigenvalue weighted by Gasteiger charge is -2.16. The number of aryl methyl sites for hydroxylation is 1. The number of aromatic amines is 1. The molecule has 1 amide bonds. The highest BCUT2D eigenvalue weighted by atomic mass is 32.2. The number of likely N-dealkylation sites (tertiary alicyclic amines) is 1. The molecular weight excluding hydrogens is 330 g/mol. The Morgan fingerprint density at radius 3 is 2.88 bits per heavy atom. The zero-order valence-corrected chi connectivity index (χ0v) is 14.5. The van der Waals surface area contributed by atoms with Crippen molar-refractivity contribution in [2.75, 3.05) is 26.0 Å². The summed E-state index contributed by atoms with van der Waals surface area (Å²) in [5, 5.41) is 6.04. The standard InChI is InChI=1S/C16H21N3O4S/c1-10-13-7-12(23-2)3-4-14(13)18-15(10)16(20)19-6-5-11(8-19)9-24(17,21)22/h3-4,7,11,18H,5-6,8-9H2,1-2H3,(H2,17,21,22). The molecule has 0 bridgehead atoms. The summed E-state index contributed by atoms with van der Waals surface area (Å²) in [7, 11) is -1.92. The van der Waals surface area contributed by atoms with Crippen molar-refractivity contribution < 1.29 is 17.9 Å². The van der Waals surface area contributed by atoms with Crippen LogP contribution in [-0.2, 0) is 10.0 Å². The minimum Gasteiger partial charge on any atom is -0.497 e. The Morgan fingerprint density at radius 2 is 2.21 bits per heavy atom. The van der Waals surface area contributed by atoms with Crippen LogP contribution in [0.1, 0.15) is 22.5 Å². The van der Waals surface area contributed by atoms with Crippen LogP contribution >= 0.6 is 0 Å². The zero-order chi connectivity index (χ0) is 17.5. The van der Waals surface area contributed by atoms with Gasteiger partial charge in [0.2, 0.25) is 10.0 Å². The minimum absolute atomic E-state index is 0.0837. The molecule has 1 aliphatic rings. The molecule has 24 heavy (non-hydrogen) atoms. The number of amides is 1. The van der Waals surface area contributed by atoms with Gasteiger partial charge in [-0.05, 0) is 43.0 Å². The number of ether oxygens (including phenoxy) is 1. The maximum absolute atomic E-state index is 12.8. The van der Waals surface area contributed by atoms with E-state index < -0.39 is 10.0 Å². The summed E-state index contributed by atoms with van der Waals surface area (Å²) in [6.07, 6.45) is 0.648. The fourth-order valence-corrected chi connectivity index (χ4v) is 4.22. The summed E-state index contributed by atoms with van der Waals surface area (Å²) in [4.78, 5) is 17.6. The van der Waals surface area contributed by atoms with E-state index in [0.717, 1.165) is 22.2 Å². The van der Waals surface area contributed by atoms with Crippen molar-refractivity contribution in [3.63, 3.8) is 0 Å². The number of benzene rings is 1. The van der Waals surface area contributed by atoms with Gasteiger partial charge in [-0.15, -0.1) is 0 Å². The van der Waals surface area contributed by atoms with Crippen molar-refractivity contribution in [2.45, 2.75) is 13.3 Å². The minimum atomic E-state index is -3.52. The smallest absolute Gasteiger partial charge is 0.270 e. The quantitative estimate of drug-likeness (QED) is 0.864. The number of nitrogens with zero attached hydrogens (tertiary/aromatic N) is 1. The molecule has 3 rings (SSSR count). The second-order valence-electron chi connectivity index (χ2n) is 6.27. The van der Waals surface area contributed by atoms with E-state index in [1.807, 2.05) is 25.1 Å². The van der Waals surface area contributed by atoms with Gasteiger partial charge in [-0.3, -0.25) is 4.79 Å². The number of primary sulfonamides is 1. The van der Waals surface area contributed by atoms with Crippen molar-refractivity contribution >= 4 is 26.8 Å². The Labute approximate surface area is 140 Å². The van der Waals surface area contributed by atoms with E-state index in [0.29, 0.717) is 25.2 Å². The first-order chi connectivity index (χ1) is 11.3. The molecule has 1 aromatic carbocycles. The molecule has 1 aromatic heterocycles. The lowest BCUT2D eigenvalue weighted by atomic mass is 10.1. The lowest BCUT2D eigenvalue weighted by Crippen LogP contribution is -2.31. The molecule has 1 aliphatic heterocycles. The van der Waals surface area contributed by atoms with Gasteiger partial charge in [-0.2, -0.15) is 0 Å². The van der Waals surface area contributed by atoms with Crippen molar-refractivity contribution in [2.24, 2.45) is 11.1 Å². The Kier molecular flexibility index (Phi) is 4.27. The first-order valence-electron chi connectivity index (χ1n) is 7.74. The molecule has 1 unspecified atom stereocenters. The summed E-state index contributed by atoms with van der Waals surface area (Å²) in [5.74, 6) is 0.436. The monoisotopic (exact) mass is 351 g/mol. The highest BCUT2D eigenvalue weighted by Gasteiger charge is 2.30. The highest BCUT2D eigenvalue weighted by molar-refractivity contribution is 7.89. The number of nitrogens with one attached hydrogen (secondary N) is 1. The van der Waals surface area contributed by atoms with Crippen LogP contribution in [-0.4, -0.2) is 50.2 Å². The average Bonchev–Trinajstić information content (AvgIpc) is 3.10. The molecule has 2 aromatic rings. The molecule has 3 N–H and O–H groups in total. The molecular formula is C16H21N3O4S. The Morgan fingerprint density at radius 1 is 1.46 bits per heavy atom. The maximum Gasteiger partial charge on any atom is 0.270 e. The fraction of sp³-hybridized carbons (Fsp3) is 0.438. The number of methoxy groups -OCH3 is 1. The number of H-pyrrole nitrogens is 1. The summed E-state index contributed by atoms with van der Waals surface area (Å²) in [6, 6.07) is 5.61. The van der Waals surface area contributed by atoms with E-state index >= 15 is 0 Å². The van der Waals surface area contributed by atoms with Gasteiger partial charge in [-0.25, -0.2) is 13.6 Å². The lowest BCUT2D eigenvalue weighted by molar-refractivity contribution is 0.0782. The van der Waals surface area contributed by atoms with Crippen molar-refractivity contribution in [3.8, 4) is 5.75 Å². The van der Waals surface area contributed by atoms with E-state index in [1.165, 1.54) is 0 Å². The number of aromatic nitrogens is 1. The summed E-state index contributed by atoms with van der Waals surface area (Å²) in [6.45, 7) is 2.84. The topological polar surface area (TPSA) is 105 Å². The highest BCUT2D eigenvalue weighted by Crippen LogP contribution is 2.28. The largest absolute Gasteiger partial charge is 0.497 e. The van der Waals surface area contributed by atoms with Gasteiger partial charge >= 0.3 is 0 Å². The van der Waals surface area contributed by atoms with Gasteiger partial charge in [0.1, 0.15) is 11.4 Å². The predicted molar refractivity (Wildman–Crippen MR) is 91.6 cm³/mol. The number of carbonyl (C=O) groups excluding carboxylic acids is 1. The van der Waals surface area contributed by atoms with Crippen molar-refractivity contribution in [1.29, 1.82) is 0 Å². The van der Waals surface area contributed by atoms with E-state index in [9.17, 15) is 13.2 Å². The Hall–Kier alpha value is -2.06. The van der Waals surface area contributed by atoms with Crippen LogP contribution in [0.2, 0.25) is 0 Å². The Balaban J connectivity index is 1.83. The van der Waals surface area contributed by atoms with E-state index in [2.05, 4.69) is 4.98 Å². The number of fused-ring (bicyclic) bond motifs is 1. The summed E-state index contributed by atoms with van der Waals surface area (Å²) < 4.78 is 27.7. The Bertz CT molecular complexity index is 888. The molecule has 7 nitrogen and oxygen atoms in total. The van der Waals surface area contributed by atoms with E-state index in [1.54, 1.807) is 12.0 Å². The van der Waals surface area contributed by atoms with Crippen LogP contribution in [0.5, 0.6) is 5.75 Å². The number of hydrogen-bond donors (Lipinski definition) is 2. The van der Waals surface area contributed by atoms with Crippen molar-refractivity contribution in [3.05, 3.63) is 29.5 Å². The molecule has 8 heteroatoms. The van der Waals surface area contributed by atoms with Crippen LogP contribution in [0.15, 0.2) is 18.2 Å². The second-order valence-corrected chi connectivity index (χ2v) is 7.93. The number of nitrogens with two attached hydrogens (primary N) is 1. The normalized spacial score (nSPS) is 18.3. The van der Waals surface area contributed by atoms with Gasteiger partial charge in [0.25, 0.3) is 5.91 Å². The molecule has 0 radical (unpaired) electrons. The molecule has 1 fully saturated rings. The van der Waals surface area contributed by atoms with Crippen LogP contribution in [0.25, 0.3) is 10.9 Å². The van der Waals surface area contributed by atoms with Crippen LogP contribution < -0.4 is 9.88 Å². The van der Waals surface area contributed by atoms with Crippen LogP contribution in [0.3, 0.4) is 0 Å². The number of hydrogen-bond acceptors (Lipinski definition) is 4. The average molecular weight is 351 g/mol. The molecule has 1 saturated heterocycles. The second kappa shape index (κ2) is 6.10. The summed E-state index contributed by atoms with van der Waals surface area (Å²) >= 11 is 0. The fourth-order valence-electron chi connectivity index (χ4n) is 3.29. The van der Waals surface area contributed by atoms with E-state index in [-0.39, 0.29) is 17.6 Å². The van der Waals surface area contributed by atoms with Gasteiger partial charge < -0.3 is 14.6 Å². The van der Waals surface area contributed by atoms with Crippen LogP contribution in [0.4, 0.5) is 0 Å². The van der Waals surface area contributed by atoms with Crippen LogP contribution in [0, 0.1) is 12.8 Å². The van der Waals surface area contributed by atoms with Gasteiger partial charge in [0.15, 0.2) is 0 Å². The molecule has 1 atom stereocenters. The molecule has 0 aliphatic carbocycles. The first-order valence-corrected chi connectivity index (χ1v) is 9.46. The van der Waals surface area contributed by atoms with Gasteiger partial charge in [-0.1, -0.05) is 0 Å². The SMILES string of the molecule is COc1ccc2[nH]c(C(=O)N3CCC(CS(N)(=O)=O)C3)c(C)c2c1. The first kappa shape index (κ1) is 16.8. The maximum atomic E-state index is 12.8. The third-order valence-corrected chi connectivity index (χ3v) is 5.46. The summed E-state index contributed by atoms with van der Waals surface area (Å²) in [5.41, 5.74) is 2.27. The van der Waals surface area contributed by atoms with E-state index in [4.69, 9.17) is 9.88 Å². The molecule has 0 saturated carbocycles. The van der Waals surface area contributed by atoms with Gasteiger partial charge in [0.05, 0.1) is 12.9 Å². The molecule has 2 heterocycles. The molecule has 130 valence electrons. The number of sulfonamides is 1. The zero-order valence-electron chi connectivity index (χ0n) is 13.7. The molecule has 0 spiro atoms. The number of rotatable bonds is 4. The predicted octanol–water partition coefficient (Wildman–Crippen LogP) is 1.24. The third kappa shape index (κ3) is 3.25. The van der Waals surface area contributed by atoms with Gasteiger partial charge in [0, 0.05) is 24.0 Å². The number of carbonyl (C=O) groups is 1. The van der Waals surface area contributed by atoms with Crippen molar-refractivity contribution in [1.82, 2.24) is 9.88 Å².